The molecule has 0 bridgehead atoms. The summed E-state index contributed by atoms with van der Waals surface area (Å²) in [5.41, 5.74) is 4.94. The van der Waals surface area contributed by atoms with Gasteiger partial charge in [0.25, 0.3) is 5.91 Å². The lowest BCUT2D eigenvalue weighted by molar-refractivity contribution is 0.102. The monoisotopic (exact) mass is 687 g/mol. The fraction of sp³-hybridized carbons (Fsp3) is 0.0233. The molecule has 6 aromatic carbocycles. The molecule has 0 fully saturated rings. The lowest BCUT2D eigenvalue weighted by Gasteiger charge is -2.36. The van der Waals surface area contributed by atoms with Crippen LogP contribution in [0.1, 0.15) is 27.0 Å². The zero-order valence-electron chi connectivity index (χ0n) is 27.4. The van der Waals surface area contributed by atoms with Gasteiger partial charge in [-0.25, -0.2) is 23.1 Å². The first kappa shape index (κ1) is 32.3. The van der Waals surface area contributed by atoms with E-state index in [4.69, 9.17) is 5.10 Å². The number of aromatic nitrogens is 4. The van der Waals surface area contributed by atoms with E-state index in [-0.39, 0.29) is 11.3 Å². The maximum Gasteiger partial charge on any atom is 0.258 e. The first-order valence-corrected chi connectivity index (χ1v) is 16.4. The topological polar surface area (TPSA) is 72.7 Å². The molecule has 0 aliphatic rings. The van der Waals surface area contributed by atoms with Gasteiger partial charge >= 0.3 is 0 Å². The molecule has 2 aromatic heterocycles. The van der Waals surface area contributed by atoms with Crippen molar-refractivity contribution in [3.63, 3.8) is 0 Å². The van der Waals surface area contributed by atoms with E-state index < -0.39 is 28.9 Å². The van der Waals surface area contributed by atoms with Crippen molar-refractivity contribution in [2.75, 3.05) is 5.32 Å². The average molecular weight is 688 g/mol. The van der Waals surface area contributed by atoms with Crippen molar-refractivity contribution in [3.05, 3.63) is 204 Å². The zero-order chi connectivity index (χ0) is 35.7. The summed E-state index contributed by atoms with van der Waals surface area (Å²) in [6.45, 7) is 0. The van der Waals surface area contributed by atoms with Crippen LogP contribution in [-0.4, -0.2) is 25.7 Å². The standard InChI is InChI=1S/C43H28F3N5O/c44-34-18-21-40(38(46)24-34)50-42(52)35-23-29(16-19-37(35)45)41-36-22-28(17-20-39(36)47-27-48-41)30-25-49-51(26-30)43(31-10-4-1-5-11-31,32-12-6-2-7-13-32)33-14-8-3-9-15-33/h1-27H,(H,50,52). The van der Waals surface area contributed by atoms with Gasteiger partial charge in [-0.05, 0) is 64.7 Å². The Balaban J connectivity index is 1.22. The van der Waals surface area contributed by atoms with E-state index in [9.17, 15) is 13.6 Å². The largest absolute Gasteiger partial charge is 0.319 e. The maximum atomic E-state index is 15.0. The number of amides is 1. The molecule has 0 saturated carbocycles. The Morgan fingerprint density at radius 1 is 0.615 bits per heavy atom. The summed E-state index contributed by atoms with van der Waals surface area (Å²) in [6, 6.07) is 43.3. The lowest BCUT2D eigenvalue weighted by atomic mass is 9.77. The van der Waals surface area contributed by atoms with Crippen LogP contribution in [0.4, 0.5) is 18.9 Å². The summed E-state index contributed by atoms with van der Waals surface area (Å²) in [5.74, 6) is -3.48. The van der Waals surface area contributed by atoms with Crippen LogP contribution in [-0.2, 0) is 5.54 Å². The van der Waals surface area contributed by atoms with Gasteiger partial charge < -0.3 is 5.32 Å². The molecule has 8 rings (SSSR count). The fourth-order valence-electron chi connectivity index (χ4n) is 6.68. The van der Waals surface area contributed by atoms with Gasteiger partial charge in [-0.1, -0.05) is 97.1 Å². The number of rotatable bonds is 8. The van der Waals surface area contributed by atoms with Gasteiger partial charge in [0.05, 0.1) is 28.7 Å². The van der Waals surface area contributed by atoms with Gasteiger partial charge in [0.2, 0.25) is 0 Å². The van der Waals surface area contributed by atoms with Crippen LogP contribution in [0.3, 0.4) is 0 Å². The molecule has 8 aromatic rings. The Kier molecular flexibility index (Phi) is 8.36. The molecular weight excluding hydrogens is 660 g/mol. The number of nitrogens with one attached hydrogen (secondary N) is 1. The molecule has 0 saturated heterocycles. The molecule has 9 heteroatoms. The quantitative estimate of drug-likeness (QED) is 0.162. The number of benzene rings is 6. The molecule has 252 valence electrons. The Labute approximate surface area is 296 Å². The molecular formula is C43H28F3N5O. The number of hydrogen-bond donors (Lipinski definition) is 1. The minimum Gasteiger partial charge on any atom is -0.319 e. The summed E-state index contributed by atoms with van der Waals surface area (Å²) < 4.78 is 44.7. The molecule has 1 N–H and O–H groups in total. The minimum atomic E-state index is -0.976. The SMILES string of the molecule is O=C(Nc1ccc(F)cc1F)c1cc(-c2ncnc3ccc(-c4cnn(C(c5ccccc5)(c5ccccc5)c5ccccc5)c4)cc23)ccc1F. The Morgan fingerprint density at radius 2 is 1.25 bits per heavy atom. The van der Waals surface area contributed by atoms with Crippen molar-refractivity contribution < 1.29 is 18.0 Å². The fourth-order valence-corrected chi connectivity index (χ4v) is 6.68. The molecule has 0 spiro atoms. The summed E-state index contributed by atoms with van der Waals surface area (Å²) in [4.78, 5) is 22.1. The normalized spacial score (nSPS) is 11.4. The predicted molar refractivity (Wildman–Crippen MR) is 195 cm³/mol. The minimum absolute atomic E-state index is 0.273. The smallest absolute Gasteiger partial charge is 0.258 e. The number of carbonyl (C=O) groups excluding carboxylic acids is 1. The third-order valence-electron chi connectivity index (χ3n) is 9.13. The second-order valence-corrected chi connectivity index (χ2v) is 12.2. The maximum absolute atomic E-state index is 15.0. The Bertz CT molecular complexity index is 2460. The highest BCUT2D eigenvalue weighted by atomic mass is 19.1. The molecule has 6 nitrogen and oxygen atoms in total. The van der Waals surface area contributed by atoms with E-state index in [1.54, 1.807) is 0 Å². The van der Waals surface area contributed by atoms with Gasteiger partial charge in [-0.3, -0.25) is 9.48 Å². The highest BCUT2D eigenvalue weighted by Gasteiger charge is 2.39. The van der Waals surface area contributed by atoms with Crippen LogP contribution >= 0.6 is 0 Å². The number of hydrogen-bond acceptors (Lipinski definition) is 4. The molecule has 0 atom stereocenters. The molecule has 0 radical (unpaired) electrons. The number of carbonyl (C=O) groups is 1. The Hall–Kier alpha value is -6.87. The van der Waals surface area contributed by atoms with Gasteiger partial charge in [0.1, 0.15) is 29.3 Å². The highest BCUT2D eigenvalue weighted by molar-refractivity contribution is 6.06. The molecule has 0 unspecified atom stereocenters. The van der Waals surface area contributed by atoms with E-state index in [0.717, 1.165) is 46.0 Å². The van der Waals surface area contributed by atoms with Crippen molar-refractivity contribution in [3.8, 4) is 22.4 Å². The number of halogens is 3. The number of nitrogens with zero attached hydrogens (tertiary/aromatic N) is 4. The van der Waals surface area contributed by atoms with Crippen LogP contribution in [0.2, 0.25) is 0 Å². The summed E-state index contributed by atoms with van der Waals surface area (Å²) >= 11 is 0. The second kappa shape index (κ2) is 13.4. The van der Waals surface area contributed by atoms with Gasteiger partial charge in [0, 0.05) is 28.8 Å². The van der Waals surface area contributed by atoms with Gasteiger partial charge in [-0.15, -0.1) is 0 Å². The van der Waals surface area contributed by atoms with Gasteiger partial charge in [-0.2, -0.15) is 5.10 Å². The molecule has 0 aliphatic carbocycles. The molecule has 0 aliphatic heterocycles. The molecule has 52 heavy (non-hydrogen) atoms. The van der Waals surface area contributed by atoms with Crippen molar-refractivity contribution in [2.45, 2.75) is 5.54 Å². The average Bonchev–Trinajstić information content (AvgIpc) is 3.68. The zero-order valence-corrected chi connectivity index (χ0v) is 27.4. The van der Waals surface area contributed by atoms with E-state index in [1.165, 1.54) is 18.5 Å². The lowest BCUT2D eigenvalue weighted by Crippen LogP contribution is -2.38. The third-order valence-corrected chi connectivity index (χ3v) is 9.13. The Morgan fingerprint density at radius 3 is 1.88 bits per heavy atom. The van der Waals surface area contributed by atoms with E-state index in [2.05, 4.69) is 51.7 Å². The van der Waals surface area contributed by atoms with Crippen molar-refractivity contribution in [1.82, 2.24) is 19.7 Å². The third kappa shape index (κ3) is 5.78. The van der Waals surface area contributed by atoms with Crippen molar-refractivity contribution >= 4 is 22.5 Å². The van der Waals surface area contributed by atoms with Crippen molar-refractivity contribution in [1.29, 1.82) is 0 Å². The van der Waals surface area contributed by atoms with Crippen LogP contribution in [0.15, 0.2) is 164 Å². The first-order valence-electron chi connectivity index (χ1n) is 16.4. The van der Waals surface area contributed by atoms with E-state index >= 15 is 4.39 Å². The van der Waals surface area contributed by atoms with E-state index in [0.29, 0.717) is 28.2 Å². The van der Waals surface area contributed by atoms with Crippen LogP contribution in [0, 0.1) is 17.5 Å². The number of anilines is 1. The molecule has 2 heterocycles. The van der Waals surface area contributed by atoms with Crippen LogP contribution < -0.4 is 5.32 Å². The highest BCUT2D eigenvalue weighted by Crippen LogP contribution is 2.41. The first-order chi connectivity index (χ1) is 25.4. The summed E-state index contributed by atoms with van der Waals surface area (Å²) in [7, 11) is 0. The van der Waals surface area contributed by atoms with Crippen molar-refractivity contribution in [2.24, 2.45) is 0 Å². The second-order valence-electron chi connectivity index (χ2n) is 12.2. The van der Waals surface area contributed by atoms with Gasteiger partial charge in [0.15, 0.2) is 0 Å². The van der Waals surface area contributed by atoms with E-state index in [1.807, 2.05) is 89.9 Å². The summed E-state index contributed by atoms with van der Waals surface area (Å²) in [5, 5.41) is 7.98. The predicted octanol–water partition coefficient (Wildman–Crippen LogP) is 9.67. The summed E-state index contributed by atoms with van der Waals surface area (Å²) in [6.07, 6.45) is 5.25. The molecule has 1 amide bonds. The van der Waals surface area contributed by atoms with Crippen LogP contribution in [0.25, 0.3) is 33.3 Å². The number of fused-ring (bicyclic) bond motifs is 1. The van der Waals surface area contributed by atoms with Crippen LogP contribution in [0.5, 0.6) is 0 Å².